The van der Waals surface area contributed by atoms with Crippen molar-refractivity contribution in [2.75, 3.05) is 5.32 Å². The van der Waals surface area contributed by atoms with Crippen LogP contribution >= 0.6 is 0 Å². The van der Waals surface area contributed by atoms with Crippen LogP contribution in [0.3, 0.4) is 0 Å². The van der Waals surface area contributed by atoms with Crippen LogP contribution < -0.4 is 16.2 Å². The first kappa shape index (κ1) is 16.0. The fourth-order valence-corrected chi connectivity index (χ4v) is 2.09. The third-order valence-corrected chi connectivity index (χ3v) is 4.13. The molecule has 0 saturated heterocycles. The molecule has 0 heterocycles. The second-order valence-electron chi connectivity index (χ2n) is 6.73. The minimum atomic E-state index is -0.431. The van der Waals surface area contributed by atoms with E-state index in [0.29, 0.717) is 23.2 Å². The molecule has 0 aliphatic carbocycles. The van der Waals surface area contributed by atoms with Crippen molar-refractivity contribution >= 4 is 5.69 Å². The maximum atomic E-state index is 11.8. The van der Waals surface area contributed by atoms with Crippen LogP contribution in [0.5, 0.6) is 0 Å². The Morgan fingerprint density at radius 3 is 2.23 bits per heavy atom. The van der Waals surface area contributed by atoms with Crippen LogP contribution in [0.15, 0.2) is 33.9 Å². The fourth-order valence-electron chi connectivity index (χ4n) is 2.09. The van der Waals surface area contributed by atoms with Crippen molar-refractivity contribution in [1.82, 2.24) is 0 Å². The summed E-state index contributed by atoms with van der Waals surface area (Å²) in [4.78, 5) is 23.6. The lowest BCUT2D eigenvalue weighted by atomic mass is 9.87. The fraction of sp³-hybridized carbons (Fsp3) is 0.389. The molecule has 4 nitrogen and oxygen atoms in total. The Balaban J connectivity index is 2.22. The van der Waals surface area contributed by atoms with Gasteiger partial charge in [0.05, 0.1) is 17.3 Å². The molecule has 0 aromatic heterocycles. The summed E-state index contributed by atoms with van der Waals surface area (Å²) in [7, 11) is 0. The van der Waals surface area contributed by atoms with Crippen molar-refractivity contribution < 1.29 is 0 Å². The van der Waals surface area contributed by atoms with Crippen molar-refractivity contribution in [3.8, 4) is 6.07 Å². The van der Waals surface area contributed by atoms with Gasteiger partial charge in [0.25, 0.3) is 0 Å². The van der Waals surface area contributed by atoms with Gasteiger partial charge in [0.2, 0.25) is 10.9 Å². The van der Waals surface area contributed by atoms with E-state index in [2.05, 4.69) is 32.2 Å². The molecule has 0 radical (unpaired) electrons. The Bertz CT molecular complexity index is 782. The van der Waals surface area contributed by atoms with Crippen molar-refractivity contribution in [2.24, 2.45) is 5.41 Å². The summed E-state index contributed by atoms with van der Waals surface area (Å²) in [6, 6.07) is 9.19. The molecular weight excluding hydrogens is 276 g/mol. The van der Waals surface area contributed by atoms with E-state index in [-0.39, 0.29) is 11.5 Å². The molecule has 0 aliphatic rings. The van der Waals surface area contributed by atoms with Gasteiger partial charge < -0.3 is 5.32 Å². The number of nitriles is 1. The standard InChI is InChI=1S/C18H20N2O2/c1-11(18(2,3)4)20-15-14(16(21)17(15)22)9-12-5-7-13(10-19)8-6-12/h5-8,11,20H,9H2,1-4H3. The zero-order chi connectivity index (χ0) is 16.5. The van der Waals surface area contributed by atoms with E-state index in [9.17, 15) is 9.59 Å². The van der Waals surface area contributed by atoms with Crippen LogP contribution in [-0.4, -0.2) is 6.04 Å². The third kappa shape index (κ3) is 3.09. The highest BCUT2D eigenvalue weighted by Crippen LogP contribution is 2.23. The first-order chi connectivity index (χ1) is 10.2. The highest BCUT2D eigenvalue weighted by atomic mass is 16.2. The number of hydrogen-bond donors (Lipinski definition) is 1. The summed E-state index contributed by atoms with van der Waals surface area (Å²) in [5.74, 6) is 0. The Morgan fingerprint density at radius 2 is 1.73 bits per heavy atom. The van der Waals surface area contributed by atoms with E-state index in [1.165, 1.54) is 0 Å². The molecule has 0 aliphatic heterocycles. The Morgan fingerprint density at radius 1 is 1.14 bits per heavy atom. The quantitative estimate of drug-likeness (QED) is 0.880. The smallest absolute Gasteiger partial charge is 0.249 e. The van der Waals surface area contributed by atoms with Gasteiger partial charge in [-0.05, 0) is 30.0 Å². The topological polar surface area (TPSA) is 70.0 Å². The van der Waals surface area contributed by atoms with Gasteiger partial charge in [-0.2, -0.15) is 5.26 Å². The molecule has 114 valence electrons. The molecule has 22 heavy (non-hydrogen) atoms. The van der Waals surface area contributed by atoms with Crippen LogP contribution in [-0.2, 0) is 6.42 Å². The summed E-state index contributed by atoms with van der Waals surface area (Å²) in [6.45, 7) is 8.24. The zero-order valence-corrected chi connectivity index (χ0v) is 13.4. The highest BCUT2D eigenvalue weighted by molar-refractivity contribution is 5.58. The molecule has 0 bridgehead atoms. The van der Waals surface area contributed by atoms with E-state index in [4.69, 9.17) is 5.26 Å². The number of nitrogens with zero attached hydrogens (tertiary/aromatic N) is 1. The minimum absolute atomic E-state index is 0.00846. The Labute approximate surface area is 130 Å². The molecule has 2 aromatic rings. The first-order valence-electron chi connectivity index (χ1n) is 7.32. The lowest BCUT2D eigenvalue weighted by Gasteiger charge is -2.30. The number of benzene rings is 1. The van der Waals surface area contributed by atoms with Gasteiger partial charge in [0.1, 0.15) is 0 Å². The first-order valence-corrected chi connectivity index (χ1v) is 7.32. The third-order valence-electron chi connectivity index (χ3n) is 4.13. The molecule has 2 aromatic carbocycles. The molecular formula is C18H20N2O2. The van der Waals surface area contributed by atoms with Gasteiger partial charge in [-0.3, -0.25) is 9.59 Å². The predicted molar refractivity (Wildman–Crippen MR) is 87.9 cm³/mol. The van der Waals surface area contributed by atoms with Crippen LogP contribution in [0.25, 0.3) is 0 Å². The van der Waals surface area contributed by atoms with E-state index < -0.39 is 10.9 Å². The minimum Gasteiger partial charge on any atom is -0.378 e. The second-order valence-corrected chi connectivity index (χ2v) is 6.73. The molecule has 0 spiro atoms. The number of rotatable bonds is 4. The molecule has 1 N–H and O–H groups in total. The molecule has 2 rings (SSSR count). The Hall–Kier alpha value is -2.41. The number of anilines is 1. The summed E-state index contributed by atoms with van der Waals surface area (Å²) < 4.78 is 0. The Kier molecular flexibility index (Phi) is 4.18. The summed E-state index contributed by atoms with van der Waals surface area (Å²) in [5, 5.41) is 12.0. The van der Waals surface area contributed by atoms with Gasteiger partial charge in [-0.1, -0.05) is 32.9 Å². The molecule has 1 atom stereocenters. The lowest BCUT2D eigenvalue weighted by Crippen LogP contribution is -2.43. The zero-order valence-electron chi connectivity index (χ0n) is 13.4. The monoisotopic (exact) mass is 296 g/mol. The SMILES string of the molecule is CC(Nc1c(Cc2ccc(C#N)cc2)c(=O)c1=O)C(C)(C)C. The van der Waals surface area contributed by atoms with Crippen LogP contribution in [0.1, 0.15) is 44.4 Å². The van der Waals surface area contributed by atoms with Gasteiger partial charge in [0, 0.05) is 18.0 Å². The van der Waals surface area contributed by atoms with E-state index in [0.717, 1.165) is 5.56 Å². The summed E-state index contributed by atoms with van der Waals surface area (Å²) in [5.41, 5.74) is 1.62. The predicted octanol–water partition coefficient (Wildman–Crippen LogP) is 2.59. The molecule has 4 heteroatoms. The van der Waals surface area contributed by atoms with Gasteiger partial charge in [-0.25, -0.2) is 0 Å². The van der Waals surface area contributed by atoms with Gasteiger partial charge in [-0.15, -0.1) is 0 Å². The van der Waals surface area contributed by atoms with Gasteiger partial charge >= 0.3 is 0 Å². The van der Waals surface area contributed by atoms with Gasteiger partial charge in [0.15, 0.2) is 0 Å². The molecule has 1 unspecified atom stereocenters. The molecule has 0 saturated carbocycles. The van der Waals surface area contributed by atoms with Crippen molar-refractivity contribution in [2.45, 2.75) is 40.2 Å². The highest BCUT2D eigenvalue weighted by Gasteiger charge is 2.26. The van der Waals surface area contributed by atoms with Crippen LogP contribution in [0.2, 0.25) is 0 Å². The van der Waals surface area contributed by atoms with Crippen molar-refractivity contribution in [1.29, 1.82) is 5.26 Å². The summed E-state index contributed by atoms with van der Waals surface area (Å²) in [6.07, 6.45) is 0.412. The largest absolute Gasteiger partial charge is 0.378 e. The van der Waals surface area contributed by atoms with Crippen molar-refractivity contribution in [3.63, 3.8) is 0 Å². The lowest BCUT2D eigenvalue weighted by molar-refractivity contribution is 0.359. The average molecular weight is 296 g/mol. The number of hydrogen-bond acceptors (Lipinski definition) is 4. The van der Waals surface area contributed by atoms with Crippen LogP contribution in [0.4, 0.5) is 5.69 Å². The number of nitrogens with one attached hydrogen (secondary N) is 1. The maximum absolute atomic E-state index is 11.8. The molecule has 0 fully saturated rings. The summed E-state index contributed by atoms with van der Waals surface area (Å²) >= 11 is 0. The van der Waals surface area contributed by atoms with E-state index in [1.807, 2.05) is 19.1 Å². The normalized spacial score (nSPS) is 12.9. The van der Waals surface area contributed by atoms with Crippen molar-refractivity contribution in [3.05, 3.63) is 61.4 Å². The van der Waals surface area contributed by atoms with Crippen LogP contribution in [0, 0.1) is 16.7 Å². The molecule has 0 amide bonds. The maximum Gasteiger partial charge on any atom is 0.249 e. The van der Waals surface area contributed by atoms with E-state index in [1.54, 1.807) is 12.1 Å². The van der Waals surface area contributed by atoms with E-state index >= 15 is 0 Å². The second kappa shape index (κ2) is 5.76. The average Bonchev–Trinajstić information content (AvgIpc) is 2.49.